The van der Waals surface area contributed by atoms with Gasteiger partial charge in [0.05, 0.1) is 11.2 Å². The predicted octanol–water partition coefficient (Wildman–Crippen LogP) is 2.04. The summed E-state index contributed by atoms with van der Waals surface area (Å²) in [4.78, 5) is 6.85. The summed E-state index contributed by atoms with van der Waals surface area (Å²) in [5.74, 6) is 0. The third-order valence-electron chi connectivity index (χ3n) is 5.09. The van der Waals surface area contributed by atoms with E-state index in [1.807, 2.05) is 24.4 Å². The zero-order chi connectivity index (χ0) is 17.3. The summed E-state index contributed by atoms with van der Waals surface area (Å²) < 4.78 is 28.5. The average molecular weight is 358 g/mol. The topological polar surface area (TPSA) is 80.3 Å². The number of anilines is 1. The zero-order valence-electron chi connectivity index (χ0n) is 14.0. The van der Waals surface area contributed by atoms with Crippen LogP contribution in [0.1, 0.15) is 18.4 Å². The van der Waals surface area contributed by atoms with Crippen LogP contribution in [-0.2, 0) is 21.2 Å². The lowest BCUT2D eigenvalue weighted by molar-refractivity contribution is 0.150. The molecule has 4 rings (SSSR count). The van der Waals surface area contributed by atoms with Crippen molar-refractivity contribution in [3.63, 3.8) is 0 Å². The van der Waals surface area contributed by atoms with E-state index in [0.717, 1.165) is 32.5 Å². The van der Waals surface area contributed by atoms with Crippen LogP contribution in [0.3, 0.4) is 0 Å². The van der Waals surface area contributed by atoms with Crippen LogP contribution in [0.2, 0.25) is 0 Å². The van der Waals surface area contributed by atoms with E-state index in [2.05, 4.69) is 26.0 Å². The molecule has 1 aromatic heterocycles. The minimum atomic E-state index is -3.50. The van der Waals surface area contributed by atoms with Gasteiger partial charge in [-0.3, -0.25) is 9.88 Å². The molecule has 25 heavy (non-hydrogen) atoms. The SMILES string of the molecule is O=[S+]1([O-])NC2(CCN(Cc3cccnc3)CC2)CNc2ccccc21. The van der Waals surface area contributed by atoms with Crippen molar-refractivity contribution in [1.82, 2.24) is 14.6 Å². The maximum atomic E-state index is 12.8. The second kappa shape index (κ2) is 6.49. The van der Waals surface area contributed by atoms with E-state index in [0.29, 0.717) is 17.1 Å². The number of para-hydroxylation sites is 1. The molecule has 1 unspecified atom stereocenters. The Bertz CT molecular complexity index is 791. The summed E-state index contributed by atoms with van der Waals surface area (Å²) in [6, 6.07) is 11.1. The normalized spacial score (nSPS) is 25.8. The Morgan fingerprint density at radius 2 is 2.00 bits per heavy atom. The van der Waals surface area contributed by atoms with Crippen LogP contribution >= 0.6 is 0 Å². The highest BCUT2D eigenvalue weighted by Crippen LogP contribution is 2.34. The number of hydrogen-bond acceptors (Lipinski definition) is 5. The van der Waals surface area contributed by atoms with E-state index < -0.39 is 15.9 Å². The van der Waals surface area contributed by atoms with Gasteiger partial charge in [0.15, 0.2) is 15.3 Å². The summed E-state index contributed by atoms with van der Waals surface area (Å²) in [6.45, 7) is 3.18. The van der Waals surface area contributed by atoms with Crippen LogP contribution < -0.4 is 10.0 Å². The Morgan fingerprint density at radius 3 is 2.76 bits per heavy atom. The van der Waals surface area contributed by atoms with Crippen LogP contribution in [0.15, 0.2) is 53.7 Å². The van der Waals surface area contributed by atoms with Crippen LogP contribution in [0.5, 0.6) is 0 Å². The lowest BCUT2D eigenvalue weighted by atomic mass is 9.88. The molecule has 0 radical (unpaired) electrons. The highest BCUT2D eigenvalue weighted by Gasteiger charge is 2.44. The Labute approximate surface area is 149 Å². The number of likely N-dealkylation sites (tertiary alicyclic amines) is 1. The van der Waals surface area contributed by atoms with Crippen LogP contribution in [-0.4, -0.2) is 39.6 Å². The molecule has 0 amide bonds. The molecule has 2 N–H and O–H groups in total. The lowest BCUT2D eigenvalue weighted by Gasteiger charge is -2.41. The molecular weight excluding hydrogens is 336 g/mol. The van der Waals surface area contributed by atoms with Gasteiger partial charge in [0, 0.05) is 38.6 Å². The highest BCUT2D eigenvalue weighted by atomic mass is 32.3. The van der Waals surface area contributed by atoms with Gasteiger partial charge in [-0.05, 0) is 36.6 Å². The molecule has 1 atom stereocenters. The molecule has 3 heterocycles. The van der Waals surface area contributed by atoms with E-state index in [9.17, 15) is 8.76 Å². The molecule has 7 heteroatoms. The number of rotatable bonds is 2. The van der Waals surface area contributed by atoms with Gasteiger partial charge in [-0.25, -0.2) is 0 Å². The molecule has 0 aliphatic carbocycles. The monoisotopic (exact) mass is 358 g/mol. The first-order valence-corrected chi connectivity index (χ1v) is 10.0. The number of nitrogens with one attached hydrogen (secondary N) is 2. The summed E-state index contributed by atoms with van der Waals surface area (Å²) in [5.41, 5.74) is 1.44. The minimum Gasteiger partial charge on any atom is -0.593 e. The smallest absolute Gasteiger partial charge is 0.198 e. The number of benzene rings is 1. The highest BCUT2D eigenvalue weighted by molar-refractivity contribution is 7.96. The van der Waals surface area contributed by atoms with Crippen molar-refractivity contribution in [2.45, 2.75) is 29.8 Å². The standard InChI is InChI=1S/C18H22N4O2S/c23-25(24)17-6-2-1-5-16(17)20-14-18(21-25)7-10-22(11-8-18)13-15-4-3-9-19-12-15/h1-6,9,12,20H,7-8,10-11,13-14H2,(H-,21,23,24). The second-order valence-electron chi connectivity index (χ2n) is 6.87. The van der Waals surface area contributed by atoms with Gasteiger partial charge >= 0.3 is 0 Å². The first-order valence-electron chi connectivity index (χ1n) is 8.55. The molecule has 1 spiro atoms. The van der Waals surface area contributed by atoms with Gasteiger partial charge in [-0.15, -0.1) is 4.72 Å². The van der Waals surface area contributed by atoms with E-state index >= 15 is 0 Å². The summed E-state index contributed by atoms with van der Waals surface area (Å²) in [6.07, 6.45) is 5.23. The maximum absolute atomic E-state index is 12.8. The maximum Gasteiger partial charge on any atom is 0.198 e. The fourth-order valence-electron chi connectivity index (χ4n) is 3.66. The quantitative estimate of drug-likeness (QED) is 0.803. The van der Waals surface area contributed by atoms with Crippen LogP contribution in [0, 0.1) is 0 Å². The molecule has 132 valence electrons. The van der Waals surface area contributed by atoms with Gasteiger partial charge in [0.1, 0.15) is 0 Å². The first kappa shape index (κ1) is 16.7. The number of fused-ring (bicyclic) bond motifs is 1. The molecular formula is C18H22N4O2S. The number of sulfonamides is 1. The van der Waals surface area contributed by atoms with Gasteiger partial charge in [0.2, 0.25) is 0 Å². The Balaban J connectivity index is 1.47. The molecule has 2 aliphatic heterocycles. The van der Waals surface area contributed by atoms with Crippen molar-refractivity contribution in [1.29, 1.82) is 0 Å². The van der Waals surface area contributed by atoms with E-state index in [-0.39, 0.29) is 0 Å². The molecule has 0 bridgehead atoms. The van der Waals surface area contributed by atoms with Gasteiger partial charge < -0.3 is 9.87 Å². The molecule has 1 aromatic carbocycles. The lowest BCUT2D eigenvalue weighted by Crippen LogP contribution is -2.58. The molecule has 1 saturated heterocycles. The van der Waals surface area contributed by atoms with Crippen molar-refractivity contribution in [2.75, 3.05) is 25.0 Å². The number of pyridine rings is 1. The van der Waals surface area contributed by atoms with Crippen molar-refractivity contribution in [3.05, 3.63) is 54.4 Å². The average Bonchev–Trinajstić information content (AvgIpc) is 2.73. The number of piperidine rings is 1. The number of nitrogens with zero attached hydrogens (tertiary/aromatic N) is 2. The third-order valence-corrected chi connectivity index (χ3v) is 6.72. The Morgan fingerprint density at radius 1 is 1.20 bits per heavy atom. The Kier molecular flexibility index (Phi) is 4.33. The summed E-state index contributed by atoms with van der Waals surface area (Å²) in [5, 5.41) is 3.34. The molecule has 0 saturated carbocycles. The largest absolute Gasteiger partial charge is 0.593 e. The molecule has 6 nitrogen and oxygen atoms in total. The first-order chi connectivity index (χ1) is 12.1. The van der Waals surface area contributed by atoms with E-state index in [1.165, 1.54) is 5.56 Å². The number of hydrogen-bond donors (Lipinski definition) is 2. The van der Waals surface area contributed by atoms with Gasteiger partial charge in [0.25, 0.3) is 0 Å². The summed E-state index contributed by atoms with van der Waals surface area (Å²) >= 11 is 0. The van der Waals surface area contributed by atoms with Crippen LogP contribution in [0.4, 0.5) is 5.69 Å². The fourth-order valence-corrected chi connectivity index (χ4v) is 5.30. The van der Waals surface area contributed by atoms with Crippen molar-refractivity contribution < 1.29 is 8.76 Å². The van der Waals surface area contributed by atoms with Crippen molar-refractivity contribution in [3.8, 4) is 0 Å². The van der Waals surface area contributed by atoms with Crippen molar-refractivity contribution >= 4 is 16.1 Å². The molecule has 2 aliphatic rings. The molecule has 1 fully saturated rings. The van der Waals surface area contributed by atoms with E-state index in [4.69, 9.17) is 0 Å². The Hall–Kier alpha value is -1.80. The molecule has 2 aromatic rings. The fraction of sp³-hybridized carbons (Fsp3) is 0.389. The van der Waals surface area contributed by atoms with Gasteiger partial charge in [-0.2, -0.15) is 0 Å². The van der Waals surface area contributed by atoms with Crippen molar-refractivity contribution in [2.24, 2.45) is 0 Å². The zero-order valence-corrected chi connectivity index (χ0v) is 14.8. The second-order valence-corrected chi connectivity index (χ2v) is 8.52. The predicted molar refractivity (Wildman–Crippen MR) is 96.6 cm³/mol. The van der Waals surface area contributed by atoms with Gasteiger partial charge in [-0.1, -0.05) is 22.4 Å². The summed E-state index contributed by atoms with van der Waals surface area (Å²) in [7, 11) is -3.50. The van der Waals surface area contributed by atoms with E-state index in [1.54, 1.807) is 18.3 Å². The third kappa shape index (κ3) is 3.46. The minimum absolute atomic E-state index is 0.338. The number of aromatic nitrogens is 1. The van der Waals surface area contributed by atoms with Crippen LogP contribution in [0.25, 0.3) is 0 Å².